The quantitative estimate of drug-likeness (QED) is 0.380. The highest BCUT2D eigenvalue weighted by Crippen LogP contribution is 2.34. The van der Waals surface area contributed by atoms with Crippen LogP contribution in [0.5, 0.6) is 0 Å². The van der Waals surface area contributed by atoms with Crippen LogP contribution in [0.15, 0.2) is 27.4 Å². The minimum Gasteiger partial charge on any atom is -0.324 e. The van der Waals surface area contributed by atoms with Crippen LogP contribution in [0.2, 0.25) is 0 Å². The van der Waals surface area contributed by atoms with Gasteiger partial charge in [0.05, 0.1) is 21.3 Å². The lowest BCUT2D eigenvalue weighted by atomic mass is 10.3. The van der Waals surface area contributed by atoms with E-state index in [9.17, 15) is 13.0 Å². The molecule has 0 aliphatic rings. The number of nitrogens with one attached hydrogen (secondary N) is 1. The molecule has 3 N–H and O–H groups in total. The maximum atomic E-state index is 12.1. The Bertz CT molecular complexity index is 814. The van der Waals surface area contributed by atoms with Gasteiger partial charge in [-0.25, -0.2) is 18.1 Å². The maximum Gasteiger partial charge on any atom is 0.325 e. The third kappa shape index (κ3) is 4.76. The second-order valence-corrected chi connectivity index (χ2v) is 10.1. The summed E-state index contributed by atoms with van der Waals surface area (Å²) >= 11 is 2.99. The molecule has 0 atom stereocenters. The van der Waals surface area contributed by atoms with E-state index in [-0.39, 0.29) is 24.0 Å². The third-order valence-electron chi connectivity index (χ3n) is 2.74. The maximum absolute atomic E-state index is 12.1. The Kier molecular flexibility index (Phi) is 5.65. The predicted molar refractivity (Wildman–Crippen MR) is 88.1 cm³/mol. The number of hydrogen-bond donors (Lipinski definition) is 3. The molecule has 22 heavy (non-hydrogen) atoms. The molecule has 0 radical (unpaired) electrons. The topological polar surface area (TPSA) is 117 Å². The molecule has 0 saturated heterocycles. The predicted octanol–water partition coefficient (Wildman–Crippen LogP) is 1.86. The summed E-state index contributed by atoms with van der Waals surface area (Å²) in [7, 11) is -7.81. The van der Waals surface area contributed by atoms with Crippen molar-refractivity contribution in [3.8, 4) is 0 Å². The van der Waals surface area contributed by atoms with E-state index in [0.717, 1.165) is 9.04 Å². The van der Waals surface area contributed by atoms with E-state index in [1.165, 1.54) is 35.2 Å². The van der Waals surface area contributed by atoms with E-state index < -0.39 is 17.6 Å². The second kappa shape index (κ2) is 6.96. The summed E-state index contributed by atoms with van der Waals surface area (Å²) in [4.78, 5) is 21.9. The van der Waals surface area contributed by atoms with Crippen molar-refractivity contribution in [3.05, 3.63) is 18.2 Å². The smallest absolute Gasteiger partial charge is 0.324 e. The minimum atomic E-state index is -4.10. The molecule has 0 aliphatic heterocycles. The van der Waals surface area contributed by atoms with Gasteiger partial charge in [-0.3, -0.25) is 4.57 Å². The van der Waals surface area contributed by atoms with Crippen LogP contribution in [0.25, 0.3) is 10.2 Å². The summed E-state index contributed by atoms with van der Waals surface area (Å²) in [6.45, 7) is -0.0292. The first-order valence-electron chi connectivity index (χ1n) is 6.20. The van der Waals surface area contributed by atoms with E-state index >= 15 is 0 Å². The molecule has 1 aromatic heterocycles. The van der Waals surface area contributed by atoms with Crippen LogP contribution in [0.1, 0.15) is 6.42 Å². The van der Waals surface area contributed by atoms with Crippen molar-refractivity contribution in [1.29, 1.82) is 0 Å². The number of sulfonamides is 1. The fraction of sp³-hybridized carbons (Fsp3) is 0.364. The summed E-state index contributed by atoms with van der Waals surface area (Å²) in [5.41, 5.74) is 0.618. The van der Waals surface area contributed by atoms with Gasteiger partial charge in [0.15, 0.2) is 4.34 Å². The third-order valence-corrected chi connectivity index (χ3v) is 7.12. The number of thioether (sulfide) groups is 1. The zero-order chi connectivity index (χ0) is 16.4. The summed E-state index contributed by atoms with van der Waals surface area (Å²) in [5.74, 6) is 0. The molecule has 0 spiro atoms. The van der Waals surface area contributed by atoms with Crippen LogP contribution in [0.3, 0.4) is 0 Å². The number of rotatable bonds is 7. The fourth-order valence-electron chi connectivity index (χ4n) is 1.72. The van der Waals surface area contributed by atoms with Gasteiger partial charge < -0.3 is 9.79 Å². The van der Waals surface area contributed by atoms with Crippen LogP contribution in [0, 0.1) is 0 Å². The Morgan fingerprint density at radius 3 is 2.77 bits per heavy atom. The van der Waals surface area contributed by atoms with E-state index in [1.807, 2.05) is 6.26 Å². The van der Waals surface area contributed by atoms with Crippen LogP contribution >= 0.6 is 30.7 Å². The van der Waals surface area contributed by atoms with Crippen LogP contribution < -0.4 is 4.72 Å². The molecule has 0 aliphatic carbocycles. The first-order chi connectivity index (χ1) is 10.2. The largest absolute Gasteiger partial charge is 0.325 e. The van der Waals surface area contributed by atoms with Gasteiger partial charge in [-0.1, -0.05) is 11.8 Å². The van der Waals surface area contributed by atoms with Gasteiger partial charge in [0.2, 0.25) is 10.0 Å². The van der Waals surface area contributed by atoms with Crippen molar-refractivity contribution < 1.29 is 22.8 Å². The molecule has 1 heterocycles. The Morgan fingerprint density at radius 2 is 2.14 bits per heavy atom. The highest BCUT2D eigenvalue weighted by atomic mass is 32.2. The van der Waals surface area contributed by atoms with Gasteiger partial charge in [0.25, 0.3) is 0 Å². The average molecular weight is 382 g/mol. The standard InChI is InChI=1S/C11H15N2O5PS3/c1-20-11-13-9-7-8(3-4-10(9)21-11)22(17,18)12-5-2-6-19(14,15)16/h3-4,7,12H,2,5-6H2,1H3,(H2,14,15,16). The van der Waals surface area contributed by atoms with Gasteiger partial charge in [-0.2, -0.15) is 0 Å². The van der Waals surface area contributed by atoms with Crippen LogP contribution in [-0.4, -0.2) is 42.2 Å². The summed E-state index contributed by atoms with van der Waals surface area (Å²) in [6.07, 6.45) is 1.62. The number of fused-ring (bicyclic) bond motifs is 1. The van der Waals surface area contributed by atoms with E-state index in [1.54, 1.807) is 6.07 Å². The molecular formula is C11H15N2O5PS3. The number of aromatic nitrogens is 1. The molecule has 0 unspecified atom stereocenters. The Hall–Kier alpha value is -0.480. The Morgan fingerprint density at radius 1 is 1.41 bits per heavy atom. The molecule has 122 valence electrons. The number of thiazole rings is 1. The normalized spacial score (nSPS) is 12.9. The number of nitrogens with zero attached hydrogens (tertiary/aromatic N) is 1. The molecule has 7 nitrogen and oxygen atoms in total. The van der Waals surface area contributed by atoms with Crippen molar-refractivity contribution in [2.24, 2.45) is 0 Å². The van der Waals surface area contributed by atoms with E-state index in [2.05, 4.69) is 9.71 Å². The highest BCUT2D eigenvalue weighted by molar-refractivity contribution is 8.00. The molecule has 11 heteroatoms. The lowest BCUT2D eigenvalue weighted by Crippen LogP contribution is -2.25. The lowest BCUT2D eigenvalue weighted by molar-refractivity contribution is 0.371. The molecule has 0 amide bonds. The second-order valence-electron chi connectivity index (χ2n) is 4.45. The summed E-state index contributed by atoms with van der Waals surface area (Å²) in [6, 6.07) is 4.70. The highest BCUT2D eigenvalue weighted by Gasteiger charge is 2.17. The molecule has 0 bridgehead atoms. The summed E-state index contributed by atoms with van der Waals surface area (Å²) < 4.78 is 39.1. The van der Waals surface area contributed by atoms with Crippen LogP contribution in [0.4, 0.5) is 0 Å². The Labute approximate surface area is 136 Å². The van der Waals surface area contributed by atoms with Crippen molar-refractivity contribution in [2.45, 2.75) is 15.7 Å². The molecule has 0 fully saturated rings. The van der Waals surface area contributed by atoms with Gasteiger partial charge in [-0.15, -0.1) is 11.3 Å². The monoisotopic (exact) mass is 382 g/mol. The van der Waals surface area contributed by atoms with Crippen molar-refractivity contribution in [1.82, 2.24) is 9.71 Å². The van der Waals surface area contributed by atoms with Gasteiger partial charge in [-0.05, 0) is 30.9 Å². The molecular weight excluding hydrogens is 367 g/mol. The molecule has 1 aromatic carbocycles. The van der Waals surface area contributed by atoms with E-state index in [0.29, 0.717) is 5.52 Å². The Balaban J connectivity index is 2.10. The van der Waals surface area contributed by atoms with Crippen molar-refractivity contribution >= 4 is 50.9 Å². The lowest BCUT2D eigenvalue weighted by Gasteiger charge is -2.07. The minimum absolute atomic E-state index is 0.0292. The first-order valence-corrected chi connectivity index (χ1v) is 11.5. The molecule has 2 rings (SSSR count). The van der Waals surface area contributed by atoms with Crippen molar-refractivity contribution in [2.75, 3.05) is 19.0 Å². The SMILES string of the molecule is CSc1nc2cc(S(=O)(=O)NCCCP(=O)(O)O)ccc2s1. The van der Waals surface area contributed by atoms with Gasteiger partial charge in [0, 0.05) is 6.54 Å². The van der Waals surface area contributed by atoms with Gasteiger partial charge >= 0.3 is 7.60 Å². The number of benzene rings is 1. The van der Waals surface area contributed by atoms with Gasteiger partial charge in [0.1, 0.15) is 0 Å². The number of hydrogen-bond acceptors (Lipinski definition) is 6. The zero-order valence-electron chi connectivity index (χ0n) is 11.6. The van der Waals surface area contributed by atoms with Crippen molar-refractivity contribution in [3.63, 3.8) is 0 Å². The summed E-state index contributed by atoms with van der Waals surface area (Å²) in [5, 5.41) is 0. The molecule has 0 saturated carbocycles. The van der Waals surface area contributed by atoms with E-state index in [4.69, 9.17) is 9.79 Å². The van der Waals surface area contributed by atoms with Crippen LogP contribution in [-0.2, 0) is 14.6 Å². The average Bonchev–Trinajstić information content (AvgIpc) is 2.84. The fourth-order valence-corrected chi connectivity index (χ4v) is 4.85. The molecule has 2 aromatic rings. The first kappa shape index (κ1) is 17.9. The zero-order valence-corrected chi connectivity index (χ0v) is 14.9.